The molecule has 116 valence electrons. The highest BCUT2D eigenvalue weighted by Crippen LogP contribution is 2.17. The van der Waals surface area contributed by atoms with E-state index in [9.17, 15) is 9.59 Å². The summed E-state index contributed by atoms with van der Waals surface area (Å²) in [4.78, 5) is 25.6. The van der Waals surface area contributed by atoms with Crippen LogP contribution < -0.4 is 10.1 Å². The van der Waals surface area contributed by atoms with Crippen LogP contribution in [0.15, 0.2) is 24.3 Å². The Morgan fingerprint density at radius 3 is 2.73 bits per heavy atom. The number of carbonyl (C=O) groups is 2. The lowest BCUT2D eigenvalue weighted by molar-refractivity contribution is -0.116. The monoisotopic (exact) mass is 300 g/mol. The maximum absolute atomic E-state index is 12.4. The molecule has 0 bridgehead atoms. The van der Waals surface area contributed by atoms with Gasteiger partial charge in [-0.3, -0.25) is 9.59 Å². The van der Waals surface area contributed by atoms with E-state index in [4.69, 9.17) is 4.74 Å². The first kappa shape index (κ1) is 15.9. The summed E-state index contributed by atoms with van der Waals surface area (Å²) in [5, 5.41) is 2.82. The minimum absolute atomic E-state index is 0.0265. The highest BCUT2D eigenvalue weighted by Gasteiger charge is 2.27. The first-order chi connectivity index (χ1) is 10.6. The van der Waals surface area contributed by atoms with Gasteiger partial charge in [0.25, 0.3) is 11.8 Å². The molecule has 1 aromatic carbocycles. The number of ether oxygens (including phenoxy) is 1. The maximum atomic E-state index is 12.4. The molecule has 1 heterocycles. The minimum Gasteiger partial charge on any atom is -0.494 e. The number of carbonyl (C=O) groups excluding carboxylic acids is 2. The third-order valence-corrected chi connectivity index (χ3v) is 3.46. The topological polar surface area (TPSA) is 58.6 Å². The number of hydrogen-bond acceptors (Lipinski definition) is 3. The third kappa shape index (κ3) is 4.01. The van der Waals surface area contributed by atoms with Crippen molar-refractivity contribution < 1.29 is 14.3 Å². The van der Waals surface area contributed by atoms with Crippen LogP contribution in [0, 0.1) is 11.8 Å². The molecule has 1 fully saturated rings. The number of nitrogens with zero attached hydrogens (tertiary/aromatic N) is 1. The van der Waals surface area contributed by atoms with Gasteiger partial charge in [0.1, 0.15) is 5.75 Å². The molecule has 1 saturated heterocycles. The zero-order chi connectivity index (χ0) is 15.9. The second-order valence-electron chi connectivity index (χ2n) is 5.04. The zero-order valence-corrected chi connectivity index (χ0v) is 12.9. The summed E-state index contributed by atoms with van der Waals surface area (Å²) < 4.78 is 5.36. The van der Waals surface area contributed by atoms with Crippen molar-refractivity contribution in [3.8, 4) is 17.6 Å². The molecule has 1 unspecified atom stereocenters. The van der Waals surface area contributed by atoms with Gasteiger partial charge >= 0.3 is 0 Å². The molecule has 1 atom stereocenters. The SMILES string of the molecule is CC#CC(=O)NC1CCN(C(=O)c2ccc(OCC)cc2)C1. The van der Waals surface area contributed by atoms with Gasteiger partial charge in [0.2, 0.25) is 0 Å². The van der Waals surface area contributed by atoms with Gasteiger partial charge in [-0.25, -0.2) is 0 Å². The Kier molecular flexibility index (Phi) is 5.42. The van der Waals surface area contributed by atoms with E-state index in [1.54, 1.807) is 36.1 Å². The van der Waals surface area contributed by atoms with Crippen molar-refractivity contribution >= 4 is 11.8 Å². The van der Waals surface area contributed by atoms with Crippen molar-refractivity contribution in [3.05, 3.63) is 29.8 Å². The second kappa shape index (κ2) is 7.51. The predicted molar refractivity (Wildman–Crippen MR) is 83.5 cm³/mol. The number of amides is 2. The summed E-state index contributed by atoms with van der Waals surface area (Å²) >= 11 is 0. The Morgan fingerprint density at radius 1 is 1.36 bits per heavy atom. The lowest BCUT2D eigenvalue weighted by Crippen LogP contribution is -2.37. The molecule has 0 radical (unpaired) electrons. The molecular weight excluding hydrogens is 280 g/mol. The van der Waals surface area contributed by atoms with E-state index in [-0.39, 0.29) is 17.9 Å². The molecular formula is C17H20N2O3. The van der Waals surface area contributed by atoms with Crippen molar-refractivity contribution in [2.75, 3.05) is 19.7 Å². The summed E-state index contributed by atoms with van der Waals surface area (Å²) in [5.41, 5.74) is 0.628. The standard InChI is InChI=1S/C17H20N2O3/c1-3-5-16(20)18-14-10-11-19(12-14)17(21)13-6-8-15(9-7-13)22-4-2/h6-9,14H,4,10-12H2,1-2H3,(H,18,20). The Labute approximate surface area is 130 Å². The van der Waals surface area contributed by atoms with Crippen molar-refractivity contribution in [1.82, 2.24) is 10.2 Å². The molecule has 5 nitrogen and oxygen atoms in total. The van der Waals surface area contributed by atoms with Crippen LogP contribution in [0.1, 0.15) is 30.6 Å². The Balaban J connectivity index is 1.93. The van der Waals surface area contributed by atoms with Gasteiger partial charge in [0, 0.05) is 24.7 Å². The van der Waals surface area contributed by atoms with Gasteiger partial charge in [-0.05, 0) is 50.5 Å². The zero-order valence-electron chi connectivity index (χ0n) is 12.9. The van der Waals surface area contributed by atoms with E-state index < -0.39 is 0 Å². The minimum atomic E-state index is -0.289. The van der Waals surface area contributed by atoms with E-state index in [0.29, 0.717) is 25.3 Å². The summed E-state index contributed by atoms with van der Waals surface area (Å²) in [7, 11) is 0. The van der Waals surface area contributed by atoms with Crippen LogP contribution in [-0.2, 0) is 4.79 Å². The van der Waals surface area contributed by atoms with Gasteiger partial charge in [0.15, 0.2) is 0 Å². The Bertz CT molecular complexity index is 599. The van der Waals surface area contributed by atoms with Gasteiger partial charge < -0.3 is 15.0 Å². The summed E-state index contributed by atoms with van der Waals surface area (Å²) in [6.45, 7) is 5.29. The van der Waals surface area contributed by atoms with Crippen LogP contribution in [0.3, 0.4) is 0 Å². The molecule has 1 N–H and O–H groups in total. The average molecular weight is 300 g/mol. The number of rotatable bonds is 4. The predicted octanol–water partition coefficient (Wildman–Crippen LogP) is 1.44. The molecule has 0 aliphatic carbocycles. The Morgan fingerprint density at radius 2 is 2.09 bits per heavy atom. The van der Waals surface area contributed by atoms with Crippen molar-refractivity contribution in [3.63, 3.8) is 0 Å². The fourth-order valence-corrected chi connectivity index (χ4v) is 2.44. The molecule has 2 amide bonds. The second-order valence-corrected chi connectivity index (χ2v) is 5.04. The molecule has 1 aliphatic heterocycles. The quantitative estimate of drug-likeness (QED) is 0.856. The van der Waals surface area contributed by atoms with Crippen LogP contribution in [-0.4, -0.2) is 42.5 Å². The molecule has 5 heteroatoms. The van der Waals surface area contributed by atoms with E-state index in [1.165, 1.54) is 0 Å². The molecule has 1 aromatic rings. The van der Waals surface area contributed by atoms with Gasteiger partial charge in [-0.1, -0.05) is 5.92 Å². The normalized spacial score (nSPS) is 16.6. The van der Waals surface area contributed by atoms with Crippen molar-refractivity contribution in [1.29, 1.82) is 0 Å². The molecule has 0 aromatic heterocycles. The summed E-state index contributed by atoms with van der Waals surface area (Å²) in [5.74, 6) is 5.45. The highest BCUT2D eigenvalue weighted by atomic mass is 16.5. The van der Waals surface area contributed by atoms with Crippen LogP contribution in [0.2, 0.25) is 0 Å². The highest BCUT2D eigenvalue weighted by molar-refractivity contribution is 5.95. The van der Waals surface area contributed by atoms with E-state index in [0.717, 1.165) is 12.2 Å². The van der Waals surface area contributed by atoms with Crippen LogP contribution in [0.25, 0.3) is 0 Å². The van der Waals surface area contributed by atoms with Crippen LogP contribution >= 0.6 is 0 Å². The third-order valence-electron chi connectivity index (χ3n) is 3.46. The summed E-state index contributed by atoms with van der Waals surface area (Å²) in [6.07, 6.45) is 0.750. The first-order valence-corrected chi connectivity index (χ1v) is 7.39. The van der Waals surface area contributed by atoms with Crippen molar-refractivity contribution in [2.45, 2.75) is 26.3 Å². The lowest BCUT2D eigenvalue weighted by Gasteiger charge is -2.17. The molecule has 2 rings (SSSR count). The van der Waals surface area contributed by atoms with E-state index >= 15 is 0 Å². The number of likely N-dealkylation sites (tertiary alicyclic amines) is 1. The van der Waals surface area contributed by atoms with Crippen LogP contribution in [0.5, 0.6) is 5.75 Å². The van der Waals surface area contributed by atoms with Gasteiger partial charge in [0.05, 0.1) is 6.61 Å². The number of hydrogen-bond donors (Lipinski definition) is 1. The maximum Gasteiger partial charge on any atom is 0.296 e. The fraction of sp³-hybridized carbons (Fsp3) is 0.412. The smallest absolute Gasteiger partial charge is 0.296 e. The summed E-state index contributed by atoms with van der Waals surface area (Å²) in [6, 6.07) is 7.09. The molecule has 0 spiro atoms. The largest absolute Gasteiger partial charge is 0.494 e. The van der Waals surface area contributed by atoms with Crippen LogP contribution in [0.4, 0.5) is 0 Å². The molecule has 1 aliphatic rings. The fourth-order valence-electron chi connectivity index (χ4n) is 2.44. The first-order valence-electron chi connectivity index (χ1n) is 7.39. The molecule has 22 heavy (non-hydrogen) atoms. The van der Waals surface area contributed by atoms with E-state index in [1.807, 2.05) is 6.92 Å². The van der Waals surface area contributed by atoms with Gasteiger partial charge in [-0.2, -0.15) is 0 Å². The Hall–Kier alpha value is -2.48. The number of benzene rings is 1. The van der Waals surface area contributed by atoms with Gasteiger partial charge in [-0.15, -0.1) is 0 Å². The average Bonchev–Trinajstić information content (AvgIpc) is 2.96. The lowest BCUT2D eigenvalue weighted by atomic mass is 10.2. The number of nitrogens with one attached hydrogen (secondary N) is 1. The van der Waals surface area contributed by atoms with E-state index in [2.05, 4.69) is 17.2 Å². The van der Waals surface area contributed by atoms with Crippen molar-refractivity contribution in [2.24, 2.45) is 0 Å². The molecule has 0 saturated carbocycles.